The normalized spacial score (nSPS) is 7.33. The summed E-state index contributed by atoms with van der Waals surface area (Å²) in [4.78, 5) is 10.3. The molecule has 0 rings (SSSR count). The Morgan fingerprint density at radius 1 is 1.56 bits per heavy atom. The van der Waals surface area contributed by atoms with Gasteiger partial charge in [-0.2, -0.15) is 0 Å². The summed E-state index contributed by atoms with van der Waals surface area (Å²) in [5.41, 5.74) is 0. The summed E-state index contributed by atoms with van der Waals surface area (Å²) in [7, 11) is 0. The van der Waals surface area contributed by atoms with E-state index in [9.17, 15) is 4.79 Å². The Morgan fingerprint density at radius 3 is 2.44 bits per heavy atom. The van der Waals surface area contributed by atoms with Crippen molar-refractivity contribution >= 4 is 6.09 Å². The molecule has 3 nitrogen and oxygen atoms in total. The second-order valence-corrected chi connectivity index (χ2v) is 1.25. The van der Waals surface area contributed by atoms with Gasteiger partial charge in [-0.25, -0.2) is 4.79 Å². The third kappa shape index (κ3) is 8.15. The zero-order valence-electron chi connectivity index (χ0n) is 5.73. The molecule has 0 saturated heterocycles. The van der Waals surface area contributed by atoms with Gasteiger partial charge in [0.15, 0.2) is 0 Å². The number of ether oxygens (including phenoxy) is 1. The van der Waals surface area contributed by atoms with Crippen molar-refractivity contribution in [1.29, 1.82) is 0 Å². The number of alkyl carbamates (subject to hydrolysis) is 1. The van der Waals surface area contributed by atoms with Crippen LogP contribution in [0, 0.1) is 0 Å². The maximum Gasteiger partial charge on any atom is 0.407 e. The van der Waals surface area contributed by atoms with E-state index in [2.05, 4.69) is 10.1 Å². The number of amides is 1. The molecule has 0 aliphatic carbocycles. The molecule has 1 N–H and O–H groups in total. The Hall–Kier alpha value is 0.153. The topological polar surface area (TPSA) is 38.3 Å². The Kier molecular flexibility index (Phi) is 10.8. The number of rotatable bonds is 2. The van der Waals surface area contributed by atoms with Crippen LogP contribution in [0.1, 0.15) is 13.8 Å². The average molecular weight is 208 g/mol. The SMILES string of the molecule is CCNC(=O)OCC.[Zr]. The van der Waals surface area contributed by atoms with Crippen LogP contribution in [0.3, 0.4) is 0 Å². The molecular formula is C5H11NO2Zr. The second-order valence-electron chi connectivity index (χ2n) is 1.25. The van der Waals surface area contributed by atoms with Crippen molar-refractivity contribution in [2.24, 2.45) is 0 Å². The maximum atomic E-state index is 10.3. The Balaban J connectivity index is 0. The summed E-state index contributed by atoms with van der Waals surface area (Å²) in [6.07, 6.45) is -0.338. The predicted octanol–water partition coefficient (Wildman–Crippen LogP) is 0.750. The molecule has 52 valence electrons. The summed E-state index contributed by atoms with van der Waals surface area (Å²) < 4.78 is 4.53. The molecule has 1 amide bonds. The van der Waals surface area contributed by atoms with Crippen molar-refractivity contribution < 1.29 is 35.7 Å². The first-order chi connectivity index (χ1) is 3.81. The van der Waals surface area contributed by atoms with E-state index < -0.39 is 0 Å². The monoisotopic (exact) mass is 207 g/mol. The van der Waals surface area contributed by atoms with Crippen molar-refractivity contribution in [3.05, 3.63) is 0 Å². The number of carbonyl (C=O) groups is 1. The fourth-order valence-electron chi connectivity index (χ4n) is 0.326. The molecule has 0 aromatic carbocycles. The van der Waals surface area contributed by atoms with Crippen LogP contribution in [-0.2, 0) is 30.9 Å². The number of hydrogen-bond acceptors (Lipinski definition) is 2. The molecule has 0 aromatic rings. The fourth-order valence-corrected chi connectivity index (χ4v) is 0.326. The standard InChI is InChI=1S/C5H11NO2.Zr/c1-3-6-5(7)8-4-2;/h3-4H2,1-2H3,(H,6,7);. The number of nitrogens with one attached hydrogen (secondary N) is 1. The summed E-state index contributed by atoms with van der Waals surface area (Å²) in [5.74, 6) is 0. The molecule has 0 fully saturated rings. The fraction of sp³-hybridized carbons (Fsp3) is 0.800. The molecule has 0 aromatic heterocycles. The summed E-state index contributed by atoms with van der Waals surface area (Å²) in [5, 5.41) is 2.49. The van der Waals surface area contributed by atoms with Gasteiger partial charge in [0.25, 0.3) is 0 Å². The first kappa shape index (κ1) is 11.9. The molecule has 0 aliphatic rings. The van der Waals surface area contributed by atoms with E-state index in [4.69, 9.17) is 0 Å². The molecule has 0 radical (unpaired) electrons. The van der Waals surface area contributed by atoms with Crippen LogP contribution < -0.4 is 5.32 Å². The van der Waals surface area contributed by atoms with Crippen LogP contribution >= 0.6 is 0 Å². The van der Waals surface area contributed by atoms with Gasteiger partial charge in [-0.05, 0) is 13.8 Å². The largest absolute Gasteiger partial charge is 0.450 e. The van der Waals surface area contributed by atoms with Crippen LogP contribution in [0.4, 0.5) is 4.79 Å². The van der Waals surface area contributed by atoms with E-state index in [1.165, 1.54) is 0 Å². The van der Waals surface area contributed by atoms with E-state index in [-0.39, 0.29) is 32.3 Å². The quantitative estimate of drug-likeness (QED) is 0.727. The number of hydrogen-bond donors (Lipinski definition) is 1. The van der Waals surface area contributed by atoms with Gasteiger partial charge >= 0.3 is 6.09 Å². The van der Waals surface area contributed by atoms with Gasteiger partial charge in [-0.3, -0.25) is 0 Å². The van der Waals surface area contributed by atoms with Gasteiger partial charge in [0.2, 0.25) is 0 Å². The van der Waals surface area contributed by atoms with Crippen molar-refractivity contribution in [3.63, 3.8) is 0 Å². The van der Waals surface area contributed by atoms with Gasteiger partial charge in [0.05, 0.1) is 6.61 Å². The Labute approximate surface area is 74.3 Å². The molecule has 0 heterocycles. The van der Waals surface area contributed by atoms with Gasteiger partial charge in [0, 0.05) is 32.7 Å². The third-order valence-corrected chi connectivity index (χ3v) is 0.597. The minimum Gasteiger partial charge on any atom is -0.450 e. The molecule has 0 unspecified atom stereocenters. The van der Waals surface area contributed by atoms with Crippen LogP contribution in [0.15, 0.2) is 0 Å². The molecule has 0 bridgehead atoms. The van der Waals surface area contributed by atoms with Crippen molar-refractivity contribution in [2.45, 2.75) is 13.8 Å². The van der Waals surface area contributed by atoms with E-state index in [0.717, 1.165) is 0 Å². The van der Waals surface area contributed by atoms with E-state index in [1.807, 2.05) is 6.92 Å². The molecular weight excluding hydrogens is 197 g/mol. The Morgan fingerprint density at radius 2 is 2.11 bits per heavy atom. The Bertz CT molecular complexity index is 69.4. The van der Waals surface area contributed by atoms with Gasteiger partial charge in [0.1, 0.15) is 0 Å². The van der Waals surface area contributed by atoms with E-state index in [1.54, 1.807) is 6.92 Å². The van der Waals surface area contributed by atoms with Crippen LogP contribution in [0.5, 0.6) is 0 Å². The predicted molar refractivity (Wildman–Crippen MR) is 30.7 cm³/mol. The average Bonchev–Trinajstić information content (AvgIpc) is 1.68. The van der Waals surface area contributed by atoms with Crippen molar-refractivity contribution in [1.82, 2.24) is 5.32 Å². The molecule has 0 spiro atoms. The maximum absolute atomic E-state index is 10.3. The smallest absolute Gasteiger partial charge is 0.407 e. The van der Waals surface area contributed by atoms with Crippen LogP contribution in [-0.4, -0.2) is 19.2 Å². The summed E-state index contributed by atoms with van der Waals surface area (Å²) in [6.45, 7) is 4.68. The van der Waals surface area contributed by atoms with Gasteiger partial charge < -0.3 is 10.1 Å². The molecule has 0 aliphatic heterocycles. The van der Waals surface area contributed by atoms with Gasteiger partial charge in [-0.1, -0.05) is 0 Å². The summed E-state index contributed by atoms with van der Waals surface area (Å²) >= 11 is 0. The van der Waals surface area contributed by atoms with Crippen LogP contribution in [0.25, 0.3) is 0 Å². The zero-order chi connectivity index (χ0) is 6.41. The molecule has 0 saturated carbocycles. The van der Waals surface area contributed by atoms with E-state index >= 15 is 0 Å². The third-order valence-electron chi connectivity index (χ3n) is 0.597. The minimum atomic E-state index is -0.338. The first-order valence-corrected chi connectivity index (χ1v) is 2.71. The van der Waals surface area contributed by atoms with Crippen molar-refractivity contribution in [2.75, 3.05) is 13.2 Å². The van der Waals surface area contributed by atoms with Gasteiger partial charge in [-0.15, -0.1) is 0 Å². The number of carbonyl (C=O) groups excluding carboxylic acids is 1. The first-order valence-electron chi connectivity index (χ1n) is 2.71. The van der Waals surface area contributed by atoms with E-state index in [0.29, 0.717) is 13.2 Å². The molecule has 4 heteroatoms. The second kappa shape index (κ2) is 8.15. The molecule has 0 atom stereocenters. The van der Waals surface area contributed by atoms with Crippen molar-refractivity contribution in [3.8, 4) is 0 Å². The summed E-state index contributed by atoms with van der Waals surface area (Å²) in [6, 6.07) is 0. The minimum absolute atomic E-state index is 0. The van der Waals surface area contributed by atoms with Crippen LogP contribution in [0.2, 0.25) is 0 Å². The zero-order valence-corrected chi connectivity index (χ0v) is 8.19. The molecule has 9 heavy (non-hydrogen) atoms.